The summed E-state index contributed by atoms with van der Waals surface area (Å²) in [7, 11) is 0. The van der Waals surface area contributed by atoms with E-state index in [0.717, 1.165) is 0 Å². The van der Waals surface area contributed by atoms with Crippen molar-refractivity contribution in [1.29, 1.82) is 0 Å². The minimum Gasteiger partial charge on any atom is -0.379 e. The molecule has 1 aliphatic heterocycles. The molecule has 0 radical (unpaired) electrons. The highest BCUT2D eigenvalue weighted by atomic mass is 35.5. The molecule has 5 nitrogen and oxygen atoms in total. The van der Waals surface area contributed by atoms with Crippen molar-refractivity contribution in [3.8, 4) is 11.8 Å². The van der Waals surface area contributed by atoms with Crippen molar-refractivity contribution in [1.82, 2.24) is 15.0 Å². The molecular weight excluding hydrogens is 357 g/mol. The Labute approximate surface area is 146 Å². The van der Waals surface area contributed by atoms with Crippen LogP contribution in [0.25, 0.3) is 10.9 Å². The van der Waals surface area contributed by atoms with Gasteiger partial charge in [0.05, 0.1) is 24.6 Å². The molecule has 0 aromatic carbocycles. The summed E-state index contributed by atoms with van der Waals surface area (Å²) in [6, 6.07) is -0.499. The molecule has 25 heavy (non-hydrogen) atoms. The Morgan fingerprint density at radius 1 is 1.28 bits per heavy atom. The van der Waals surface area contributed by atoms with Crippen LogP contribution < -0.4 is 4.90 Å². The van der Waals surface area contributed by atoms with Crippen LogP contribution in [0.2, 0.25) is 5.15 Å². The highest BCUT2D eigenvalue weighted by Gasteiger charge is 2.56. The fraction of sp³-hybridized carbons (Fsp3) is 0.438. The van der Waals surface area contributed by atoms with Gasteiger partial charge >= 0.3 is 6.08 Å². The molecule has 130 valence electrons. The number of hydrogen-bond acceptors (Lipinski definition) is 5. The third kappa shape index (κ3) is 2.58. The Bertz CT molecular complexity index is 929. The first-order valence-corrected chi connectivity index (χ1v) is 8.04. The van der Waals surface area contributed by atoms with Crippen LogP contribution in [-0.2, 0) is 4.74 Å². The van der Waals surface area contributed by atoms with Gasteiger partial charge in [0.15, 0.2) is 11.0 Å². The number of pyridine rings is 1. The van der Waals surface area contributed by atoms with Crippen LogP contribution in [0.1, 0.15) is 12.6 Å². The van der Waals surface area contributed by atoms with Gasteiger partial charge < -0.3 is 9.64 Å². The van der Waals surface area contributed by atoms with E-state index in [2.05, 4.69) is 26.8 Å². The lowest BCUT2D eigenvalue weighted by Gasteiger charge is -2.23. The second-order valence-corrected chi connectivity index (χ2v) is 6.21. The zero-order chi connectivity index (χ0) is 17.7. The SMILES string of the molecule is CC#Cc1nc(Cl)c(F)c2nc(F)nc(N3CCOC[C@H]4[C@H](F)[C@H]43)c12. The normalized spacial score (nSPS) is 25.2. The Morgan fingerprint density at radius 3 is 2.84 bits per heavy atom. The van der Waals surface area contributed by atoms with Crippen LogP contribution in [0.3, 0.4) is 0 Å². The number of anilines is 1. The fourth-order valence-corrected chi connectivity index (χ4v) is 3.38. The molecule has 2 aromatic rings. The van der Waals surface area contributed by atoms with E-state index in [9.17, 15) is 13.2 Å². The average Bonchev–Trinajstić information content (AvgIpc) is 3.27. The number of fused-ring (bicyclic) bond motifs is 2. The van der Waals surface area contributed by atoms with Crippen molar-refractivity contribution >= 4 is 28.3 Å². The van der Waals surface area contributed by atoms with E-state index in [1.807, 2.05) is 0 Å². The first-order chi connectivity index (χ1) is 12.0. The number of rotatable bonds is 1. The van der Waals surface area contributed by atoms with Gasteiger partial charge in [0.1, 0.15) is 23.2 Å². The second kappa shape index (κ2) is 6.00. The van der Waals surface area contributed by atoms with E-state index in [0.29, 0.717) is 6.61 Å². The Kier molecular flexibility index (Phi) is 3.93. The molecule has 2 aromatic heterocycles. The third-order valence-electron chi connectivity index (χ3n) is 4.39. The van der Waals surface area contributed by atoms with E-state index in [4.69, 9.17) is 16.3 Å². The molecule has 0 unspecified atom stereocenters. The molecule has 2 aliphatic rings. The van der Waals surface area contributed by atoms with E-state index in [-0.39, 0.29) is 41.5 Å². The molecule has 4 rings (SSSR count). The van der Waals surface area contributed by atoms with Gasteiger partial charge in [-0.1, -0.05) is 17.5 Å². The molecule has 1 saturated heterocycles. The molecule has 2 fully saturated rings. The Hall–Kier alpha value is -2.11. The van der Waals surface area contributed by atoms with Gasteiger partial charge in [-0.15, -0.1) is 0 Å². The van der Waals surface area contributed by atoms with E-state index >= 15 is 0 Å². The van der Waals surface area contributed by atoms with Crippen LogP contribution in [0.15, 0.2) is 0 Å². The quantitative estimate of drug-likeness (QED) is 0.440. The first kappa shape index (κ1) is 16.4. The third-order valence-corrected chi connectivity index (χ3v) is 4.64. The van der Waals surface area contributed by atoms with Crippen molar-refractivity contribution in [2.75, 3.05) is 24.7 Å². The summed E-state index contributed by atoms with van der Waals surface area (Å²) in [6.07, 6.45) is -2.24. The predicted octanol–water partition coefficient (Wildman–Crippen LogP) is 2.50. The van der Waals surface area contributed by atoms with Crippen LogP contribution in [-0.4, -0.2) is 46.9 Å². The molecule has 0 N–H and O–H groups in total. The highest BCUT2D eigenvalue weighted by Crippen LogP contribution is 2.44. The maximum Gasteiger partial charge on any atom is 0.311 e. The maximum absolute atomic E-state index is 14.4. The summed E-state index contributed by atoms with van der Waals surface area (Å²) in [5.41, 5.74) is -0.199. The van der Waals surface area contributed by atoms with E-state index in [1.54, 1.807) is 11.8 Å². The summed E-state index contributed by atoms with van der Waals surface area (Å²) in [5.74, 6) is 4.14. The van der Waals surface area contributed by atoms with Crippen molar-refractivity contribution in [2.45, 2.75) is 19.1 Å². The molecule has 0 amide bonds. The molecule has 3 heterocycles. The van der Waals surface area contributed by atoms with Crippen molar-refractivity contribution < 1.29 is 17.9 Å². The van der Waals surface area contributed by atoms with Crippen molar-refractivity contribution in [3.05, 3.63) is 22.7 Å². The second-order valence-electron chi connectivity index (χ2n) is 5.85. The van der Waals surface area contributed by atoms with E-state index in [1.165, 1.54) is 0 Å². The average molecular weight is 369 g/mol. The monoisotopic (exact) mass is 368 g/mol. The van der Waals surface area contributed by atoms with Crippen LogP contribution in [0, 0.1) is 29.7 Å². The van der Waals surface area contributed by atoms with Gasteiger partial charge in [0.2, 0.25) is 0 Å². The molecule has 0 bridgehead atoms. The van der Waals surface area contributed by atoms with Crippen LogP contribution in [0.4, 0.5) is 19.0 Å². The molecule has 3 atom stereocenters. The van der Waals surface area contributed by atoms with Crippen LogP contribution >= 0.6 is 11.6 Å². The minimum atomic E-state index is -1.13. The summed E-state index contributed by atoms with van der Waals surface area (Å²) < 4.78 is 47.8. The number of ether oxygens (including phenoxy) is 1. The van der Waals surface area contributed by atoms with Gasteiger partial charge in [0.25, 0.3) is 0 Å². The van der Waals surface area contributed by atoms with Crippen LogP contribution in [0.5, 0.6) is 0 Å². The smallest absolute Gasteiger partial charge is 0.311 e. The number of nitrogens with zero attached hydrogens (tertiary/aromatic N) is 4. The van der Waals surface area contributed by atoms with Crippen molar-refractivity contribution in [3.63, 3.8) is 0 Å². The molecule has 0 spiro atoms. The first-order valence-electron chi connectivity index (χ1n) is 7.66. The molecule has 1 aliphatic carbocycles. The molecular formula is C16H12ClF3N4O. The van der Waals surface area contributed by atoms with Gasteiger partial charge in [-0.25, -0.2) is 13.8 Å². The number of halogens is 4. The maximum atomic E-state index is 14.4. The van der Waals surface area contributed by atoms with Crippen molar-refractivity contribution in [2.24, 2.45) is 5.92 Å². The standard InChI is InChI=1S/C16H12ClF3N4O/c1-2-3-8-9-12(11(19)14(17)21-8)22-16(20)23-15(9)24-4-5-25-6-7-10(18)13(7)24/h7,10,13H,4-6H2,1H3/t7-,10-,13-/m0/s1. The number of alkyl halides is 1. The summed E-state index contributed by atoms with van der Waals surface area (Å²) in [6.45, 7) is 2.47. The fourth-order valence-electron chi connectivity index (χ4n) is 3.20. The van der Waals surface area contributed by atoms with Gasteiger partial charge in [0, 0.05) is 12.5 Å². The topological polar surface area (TPSA) is 51.1 Å². The van der Waals surface area contributed by atoms with Gasteiger partial charge in [-0.3, -0.25) is 0 Å². The highest BCUT2D eigenvalue weighted by molar-refractivity contribution is 6.30. The largest absolute Gasteiger partial charge is 0.379 e. The predicted molar refractivity (Wildman–Crippen MR) is 85.2 cm³/mol. The molecule has 1 saturated carbocycles. The lowest BCUT2D eigenvalue weighted by molar-refractivity contribution is 0.130. The molecule has 9 heteroatoms. The zero-order valence-corrected chi connectivity index (χ0v) is 13.8. The summed E-state index contributed by atoms with van der Waals surface area (Å²) >= 11 is 5.77. The van der Waals surface area contributed by atoms with Gasteiger partial charge in [-0.05, 0) is 12.8 Å². The Morgan fingerprint density at radius 2 is 2.08 bits per heavy atom. The number of hydrogen-bond donors (Lipinski definition) is 0. The van der Waals surface area contributed by atoms with Gasteiger partial charge in [-0.2, -0.15) is 14.4 Å². The zero-order valence-electron chi connectivity index (χ0n) is 13.1. The Balaban J connectivity index is 1.99. The lowest BCUT2D eigenvalue weighted by atomic mass is 10.2. The van der Waals surface area contributed by atoms with E-state index < -0.39 is 29.3 Å². The number of aromatic nitrogens is 3. The minimum absolute atomic E-state index is 0.0592. The lowest BCUT2D eigenvalue weighted by Crippen LogP contribution is -2.32. The summed E-state index contributed by atoms with van der Waals surface area (Å²) in [5, 5.41) is -0.335. The summed E-state index contributed by atoms with van der Waals surface area (Å²) in [4.78, 5) is 12.8.